The van der Waals surface area contributed by atoms with Crippen LogP contribution in [-0.2, 0) is 0 Å². The van der Waals surface area contributed by atoms with Crippen LogP contribution >= 0.6 is 0 Å². The monoisotopic (exact) mass is 278 g/mol. The normalized spacial score (nSPS) is 9.57. The zero-order valence-corrected chi connectivity index (χ0v) is 11.8. The zero-order valence-electron chi connectivity index (χ0n) is 11.8. The molecular formula is C17H14N2O2. The lowest BCUT2D eigenvalue weighted by Crippen LogP contribution is -1.98. The fourth-order valence-corrected chi connectivity index (χ4v) is 1.97. The summed E-state index contributed by atoms with van der Waals surface area (Å²) in [5.41, 5.74) is 1.55. The van der Waals surface area contributed by atoms with Crippen LogP contribution in [0.4, 0.5) is 0 Å². The average Bonchev–Trinajstić information content (AvgIpc) is 3.09. The Balaban J connectivity index is 0.000000774. The van der Waals surface area contributed by atoms with Crippen molar-refractivity contribution in [1.29, 1.82) is 5.26 Å². The van der Waals surface area contributed by atoms with Gasteiger partial charge < -0.3 is 4.42 Å². The number of Topliss-reactive ketones (excluding diaryl/α,β-unsaturated/α-hetero) is 1. The SMILES string of the molecule is CC.N#CC(=O)c1cc(-c2ccco2)nc2ccccc12. The molecule has 0 atom stereocenters. The van der Waals surface area contributed by atoms with Gasteiger partial charge in [-0.2, -0.15) is 5.26 Å². The summed E-state index contributed by atoms with van der Waals surface area (Å²) in [6.07, 6.45) is 1.54. The fourth-order valence-electron chi connectivity index (χ4n) is 1.97. The molecule has 0 radical (unpaired) electrons. The zero-order chi connectivity index (χ0) is 15.2. The molecule has 0 aliphatic rings. The summed E-state index contributed by atoms with van der Waals surface area (Å²) in [5, 5.41) is 9.50. The molecule has 21 heavy (non-hydrogen) atoms. The fraction of sp³-hybridized carbons (Fsp3) is 0.118. The van der Waals surface area contributed by atoms with Crippen molar-refractivity contribution in [3.8, 4) is 17.5 Å². The first-order valence-corrected chi connectivity index (χ1v) is 6.67. The van der Waals surface area contributed by atoms with Crippen LogP contribution < -0.4 is 0 Å². The van der Waals surface area contributed by atoms with Gasteiger partial charge in [-0.15, -0.1) is 0 Å². The molecule has 4 nitrogen and oxygen atoms in total. The van der Waals surface area contributed by atoms with E-state index in [1.165, 1.54) is 6.26 Å². The van der Waals surface area contributed by atoms with E-state index < -0.39 is 5.78 Å². The largest absolute Gasteiger partial charge is 0.463 e. The van der Waals surface area contributed by atoms with Gasteiger partial charge in [0.05, 0.1) is 11.8 Å². The minimum Gasteiger partial charge on any atom is -0.463 e. The standard InChI is InChI=1S/C15H8N2O2.C2H6/c16-9-14(18)11-8-13(15-6-3-7-19-15)17-12-5-2-1-4-10(11)12;1-2/h1-8H;1-2H3. The van der Waals surface area contributed by atoms with Gasteiger partial charge in [0.2, 0.25) is 0 Å². The predicted molar refractivity (Wildman–Crippen MR) is 80.7 cm³/mol. The highest BCUT2D eigenvalue weighted by Gasteiger charge is 2.14. The van der Waals surface area contributed by atoms with Gasteiger partial charge in [0.1, 0.15) is 11.8 Å². The van der Waals surface area contributed by atoms with Gasteiger partial charge >= 0.3 is 0 Å². The van der Waals surface area contributed by atoms with Crippen LogP contribution in [0.15, 0.2) is 53.1 Å². The smallest absolute Gasteiger partial charge is 0.262 e. The molecule has 0 N–H and O–H groups in total. The van der Waals surface area contributed by atoms with Crippen LogP contribution in [0.5, 0.6) is 0 Å². The molecule has 0 aliphatic carbocycles. The summed E-state index contributed by atoms with van der Waals surface area (Å²) in [4.78, 5) is 16.2. The Labute approximate surface area is 122 Å². The van der Waals surface area contributed by atoms with E-state index in [1.54, 1.807) is 36.4 Å². The first kappa shape index (κ1) is 14.5. The molecule has 0 aliphatic heterocycles. The van der Waals surface area contributed by atoms with Gasteiger partial charge in [-0.25, -0.2) is 4.98 Å². The lowest BCUT2D eigenvalue weighted by Gasteiger charge is -2.04. The van der Waals surface area contributed by atoms with Gasteiger partial charge in [0.25, 0.3) is 5.78 Å². The summed E-state index contributed by atoms with van der Waals surface area (Å²) in [7, 11) is 0. The summed E-state index contributed by atoms with van der Waals surface area (Å²) < 4.78 is 5.28. The van der Waals surface area contributed by atoms with E-state index >= 15 is 0 Å². The number of nitrogens with zero attached hydrogens (tertiary/aromatic N) is 2. The third kappa shape index (κ3) is 2.82. The Hall–Kier alpha value is -2.93. The number of carbonyl (C=O) groups excluding carboxylic acids is 1. The van der Waals surface area contributed by atoms with Crippen molar-refractivity contribution in [1.82, 2.24) is 4.98 Å². The number of aromatic nitrogens is 1. The van der Waals surface area contributed by atoms with Crippen molar-refractivity contribution < 1.29 is 9.21 Å². The van der Waals surface area contributed by atoms with Gasteiger partial charge in [-0.1, -0.05) is 32.0 Å². The molecule has 1 aromatic carbocycles. The van der Waals surface area contributed by atoms with Crippen molar-refractivity contribution in [3.63, 3.8) is 0 Å². The van der Waals surface area contributed by atoms with Crippen molar-refractivity contribution in [2.75, 3.05) is 0 Å². The highest BCUT2D eigenvalue weighted by molar-refractivity contribution is 6.15. The van der Waals surface area contributed by atoms with E-state index in [0.29, 0.717) is 27.9 Å². The molecule has 3 rings (SSSR count). The van der Waals surface area contributed by atoms with Gasteiger partial charge in [-0.3, -0.25) is 4.79 Å². The molecule has 0 fully saturated rings. The predicted octanol–water partition coefficient (Wildman–Crippen LogP) is 4.23. The Morgan fingerprint density at radius 1 is 1.19 bits per heavy atom. The number of furan rings is 1. The minimum absolute atomic E-state index is 0.347. The maximum atomic E-state index is 11.7. The number of hydrogen-bond donors (Lipinski definition) is 0. The molecule has 0 saturated carbocycles. The molecule has 0 amide bonds. The van der Waals surface area contributed by atoms with E-state index in [0.717, 1.165) is 0 Å². The second-order valence-electron chi connectivity index (χ2n) is 3.99. The number of carbonyl (C=O) groups is 1. The van der Waals surface area contributed by atoms with Crippen LogP contribution in [0.25, 0.3) is 22.4 Å². The Morgan fingerprint density at radius 2 is 1.95 bits per heavy atom. The topological polar surface area (TPSA) is 66.9 Å². The lowest BCUT2D eigenvalue weighted by atomic mass is 10.0. The van der Waals surface area contributed by atoms with Crippen LogP contribution in [0.3, 0.4) is 0 Å². The molecule has 0 bridgehead atoms. The molecule has 104 valence electrons. The minimum atomic E-state index is -0.577. The highest BCUT2D eigenvalue weighted by atomic mass is 16.3. The Morgan fingerprint density at radius 3 is 2.62 bits per heavy atom. The van der Waals surface area contributed by atoms with E-state index in [9.17, 15) is 4.79 Å². The quantitative estimate of drug-likeness (QED) is 0.519. The number of pyridine rings is 1. The molecule has 3 aromatic rings. The van der Waals surface area contributed by atoms with Crippen molar-refractivity contribution in [3.05, 3.63) is 54.3 Å². The third-order valence-electron chi connectivity index (χ3n) is 2.84. The maximum absolute atomic E-state index is 11.7. The van der Waals surface area contributed by atoms with Crippen LogP contribution in [0.2, 0.25) is 0 Å². The van der Waals surface area contributed by atoms with Crippen molar-refractivity contribution >= 4 is 16.7 Å². The van der Waals surface area contributed by atoms with Gasteiger partial charge in [-0.05, 0) is 24.3 Å². The number of hydrogen-bond acceptors (Lipinski definition) is 4. The molecule has 0 unspecified atom stereocenters. The molecule has 0 saturated heterocycles. The van der Waals surface area contributed by atoms with Gasteiger partial charge in [0, 0.05) is 10.9 Å². The third-order valence-corrected chi connectivity index (χ3v) is 2.84. The van der Waals surface area contributed by atoms with Crippen LogP contribution in [0, 0.1) is 11.3 Å². The summed E-state index contributed by atoms with van der Waals surface area (Å²) in [6.45, 7) is 4.00. The number of rotatable bonds is 2. The number of fused-ring (bicyclic) bond motifs is 1. The Bertz CT molecular complexity index is 799. The summed E-state index contributed by atoms with van der Waals surface area (Å²) in [5.74, 6) is -0.0100. The first-order chi connectivity index (χ1) is 10.3. The molecule has 4 heteroatoms. The molecule has 0 spiro atoms. The van der Waals surface area contributed by atoms with E-state index in [-0.39, 0.29) is 0 Å². The van der Waals surface area contributed by atoms with Crippen molar-refractivity contribution in [2.45, 2.75) is 13.8 Å². The summed E-state index contributed by atoms with van der Waals surface area (Å²) >= 11 is 0. The highest BCUT2D eigenvalue weighted by Crippen LogP contribution is 2.25. The van der Waals surface area contributed by atoms with Crippen molar-refractivity contribution in [2.24, 2.45) is 0 Å². The van der Waals surface area contributed by atoms with Gasteiger partial charge in [0.15, 0.2) is 5.76 Å². The van der Waals surface area contributed by atoms with E-state index in [2.05, 4.69) is 4.98 Å². The first-order valence-electron chi connectivity index (χ1n) is 6.67. The second kappa shape index (κ2) is 6.49. The number of nitriles is 1. The Kier molecular flexibility index (Phi) is 4.47. The number of ketones is 1. The van der Waals surface area contributed by atoms with Crippen LogP contribution in [-0.4, -0.2) is 10.8 Å². The van der Waals surface area contributed by atoms with E-state index in [4.69, 9.17) is 9.68 Å². The number of para-hydroxylation sites is 1. The number of benzene rings is 1. The second-order valence-corrected chi connectivity index (χ2v) is 3.99. The maximum Gasteiger partial charge on any atom is 0.262 e. The molecule has 2 heterocycles. The molecular weight excluding hydrogens is 264 g/mol. The molecule has 2 aromatic heterocycles. The summed E-state index contributed by atoms with van der Waals surface area (Å²) in [6, 6.07) is 14.0. The lowest BCUT2D eigenvalue weighted by molar-refractivity contribution is 0.105. The van der Waals surface area contributed by atoms with Crippen LogP contribution in [0.1, 0.15) is 24.2 Å². The van der Waals surface area contributed by atoms with E-state index in [1.807, 2.05) is 26.0 Å². The average molecular weight is 278 g/mol.